The van der Waals surface area contributed by atoms with Gasteiger partial charge in [-0.2, -0.15) is 0 Å². The van der Waals surface area contributed by atoms with Gasteiger partial charge >= 0.3 is 0 Å². The molecule has 0 unspecified atom stereocenters. The topological polar surface area (TPSA) is 49.4 Å². The molecule has 0 atom stereocenters. The first kappa shape index (κ1) is 12.4. The van der Waals surface area contributed by atoms with Gasteiger partial charge < -0.3 is 10.2 Å². The summed E-state index contributed by atoms with van der Waals surface area (Å²) in [6.45, 7) is -0.371. The van der Waals surface area contributed by atoms with E-state index in [1.54, 1.807) is 0 Å². The van der Waals surface area contributed by atoms with E-state index < -0.39 is 23.4 Å². The van der Waals surface area contributed by atoms with E-state index in [2.05, 4.69) is 5.32 Å². The van der Waals surface area contributed by atoms with Crippen LogP contribution < -0.4 is 10.2 Å². The molecule has 1 saturated heterocycles. The van der Waals surface area contributed by atoms with E-state index in [1.165, 1.54) is 0 Å². The summed E-state index contributed by atoms with van der Waals surface area (Å²) in [6.07, 6.45) is -0.0236. The van der Waals surface area contributed by atoms with E-state index in [4.69, 9.17) is 0 Å². The molecule has 7 heteroatoms. The Morgan fingerprint density at radius 1 is 1.11 bits per heavy atom. The van der Waals surface area contributed by atoms with Crippen molar-refractivity contribution in [2.45, 2.75) is 6.42 Å². The number of hydrogen-bond acceptors (Lipinski definition) is 2. The van der Waals surface area contributed by atoms with Gasteiger partial charge in [0.05, 0.1) is 12.2 Å². The standard InChI is InChI=1S/C11H9F3N2O2/c12-6-1-2-7(11(14)10(6)13)16-4-3-8(17)15-5-9(16)18/h1-2H,3-5H2,(H,15,17). The molecule has 1 N–H and O–H groups in total. The molecule has 18 heavy (non-hydrogen) atoms. The Balaban J connectivity index is 2.38. The molecule has 0 aliphatic carbocycles. The van der Waals surface area contributed by atoms with Gasteiger partial charge in [-0.25, -0.2) is 13.2 Å². The molecule has 2 rings (SSSR count). The molecule has 1 aromatic rings. The van der Waals surface area contributed by atoms with Gasteiger partial charge in [0.2, 0.25) is 11.8 Å². The lowest BCUT2D eigenvalue weighted by Crippen LogP contribution is -2.35. The average molecular weight is 258 g/mol. The second kappa shape index (κ2) is 4.67. The van der Waals surface area contributed by atoms with E-state index in [-0.39, 0.29) is 31.1 Å². The van der Waals surface area contributed by atoms with Crippen molar-refractivity contribution in [3.63, 3.8) is 0 Å². The average Bonchev–Trinajstić information content (AvgIpc) is 2.50. The minimum absolute atomic E-state index is 0.0236. The maximum Gasteiger partial charge on any atom is 0.246 e. The van der Waals surface area contributed by atoms with E-state index in [0.29, 0.717) is 0 Å². The first-order valence-electron chi connectivity index (χ1n) is 5.21. The zero-order chi connectivity index (χ0) is 13.3. The van der Waals surface area contributed by atoms with Crippen molar-refractivity contribution in [2.24, 2.45) is 0 Å². The summed E-state index contributed by atoms with van der Waals surface area (Å²) in [5.41, 5.74) is -0.365. The van der Waals surface area contributed by atoms with Gasteiger partial charge in [0, 0.05) is 13.0 Å². The van der Waals surface area contributed by atoms with Crippen LogP contribution in [0.1, 0.15) is 6.42 Å². The second-order valence-electron chi connectivity index (χ2n) is 3.77. The summed E-state index contributed by atoms with van der Waals surface area (Å²) in [5.74, 6) is -5.33. The zero-order valence-corrected chi connectivity index (χ0v) is 9.17. The molecule has 1 aliphatic rings. The summed E-state index contributed by atoms with van der Waals surface area (Å²) in [4.78, 5) is 23.7. The smallest absolute Gasteiger partial charge is 0.246 e. The summed E-state index contributed by atoms with van der Waals surface area (Å²) in [6, 6.07) is 1.71. The number of rotatable bonds is 1. The van der Waals surface area contributed by atoms with Crippen molar-refractivity contribution in [1.29, 1.82) is 0 Å². The first-order valence-corrected chi connectivity index (χ1v) is 5.21. The lowest BCUT2D eigenvalue weighted by Gasteiger charge is -2.20. The number of nitrogens with zero attached hydrogens (tertiary/aromatic N) is 1. The van der Waals surface area contributed by atoms with E-state index in [9.17, 15) is 22.8 Å². The summed E-state index contributed by atoms with van der Waals surface area (Å²) in [5, 5.41) is 2.32. The molecular weight excluding hydrogens is 249 g/mol. The molecule has 1 aromatic carbocycles. The molecule has 1 aliphatic heterocycles. The molecule has 0 saturated carbocycles. The fourth-order valence-corrected chi connectivity index (χ4v) is 1.68. The fourth-order valence-electron chi connectivity index (χ4n) is 1.68. The molecular formula is C11H9F3N2O2. The first-order chi connectivity index (χ1) is 8.50. The molecule has 4 nitrogen and oxygen atoms in total. The minimum Gasteiger partial charge on any atom is -0.347 e. The highest BCUT2D eigenvalue weighted by atomic mass is 19.2. The molecule has 0 spiro atoms. The molecule has 2 amide bonds. The van der Waals surface area contributed by atoms with Crippen LogP contribution in [0.5, 0.6) is 0 Å². The number of carbonyl (C=O) groups is 2. The third-order valence-electron chi connectivity index (χ3n) is 2.61. The monoisotopic (exact) mass is 258 g/mol. The Hall–Kier alpha value is -2.05. The van der Waals surface area contributed by atoms with Crippen LogP contribution in [-0.4, -0.2) is 24.9 Å². The lowest BCUT2D eigenvalue weighted by atomic mass is 10.2. The number of anilines is 1. The number of benzene rings is 1. The van der Waals surface area contributed by atoms with Crippen molar-refractivity contribution >= 4 is 17.5 Å². The normalized spacial score (nSPS) is 16.5. The molecule has 96 valence electrons. The van der Waals surface area contributed by atoms with Crippen LogP contribution in [0.2, 0.25) is 0 Å². The summed E-state index contributed by atoms with van der Waals surface area (Å²) >= 11 is 0. The van der Waals surface area contributed by atoms with Gasteiger partial charge in [-0.15, -0.1) is 0 Å². The number of carbonyl (C=O) groups excluding carboxylic acids is 2. The van der Waals surface area contributed by atoms with Gasteiger partial charge in [0.25, 0.3) is 0 Å². The van der Waals surface area contributed by atoms with Crippen LogP contribution in [0.25, 0.3) is 0 Å². The quantitative estimate of drug-likeness (QED) is 0.763. The Bertz CT molecular complexity index is 519. The maximum absolute atomic E-state index is 13.5. The van der Waals surface area contributed by atoms with Crippen LogP contribution in [0, 0.1) is 17.5 Å². The predicted octanol–water partition coefficient (Wildman–Crippen LogP) is 0.957. The second-order valence-corrected chi connectivity index (χ2v) is 3.77. The Morgan fingerprint density at radius 2 is 1.83 bits per heavy atom. The number of halogens is 3. The fraction of sp³-hybridized carbons (Fsp3) is 0.273. The Morgan fingerprint density at radius 3 is 2.56 bits per heavy atom. The van der Waals surface area contributed by atoms with Crippen molar-refractivity contribution in [2.75, 3.05) is 18.0 Å². The molecule has 0 bridgehead atoms. The zero-order valence-electron chi connectivity index (χ0n) is 9.17. The van der Waals surface area contributed by atoms with Crippen molar-refractivity contribution in [1.82, 2.24) is 5.32 Å². The van der Waals surface area contributed by atoms with E-state index in [0.717, 1.165) is 17.0 Å². The van der Waals surface area contributed by atoms with Crippen molar-refractivity contribution in [3.8, 4) is 0 Å². The lowest BCUT2D eigenvalue weighted by molar-refractivity contribution is -0.123. The van der Waals surface area contributed by atoms with Gasteiger partial charge in [0.15, 0.2) is 17.5 Å². The predicted molar refractivity (Wildman–Crippen MR) is 56.3 cm³/mol. The minimum atomic E-state index is -1.64. The highest BCUT2D eigenvalue weighted by Crippen LogP contribution is 2.24. The SMILES string of the molecule is O=C1CCN(c2ccc(F)c(F)c2F)C(=O)CN1. The molecule has 1 fully saturated rings. The third-order valence-corrected chi connectivity index (χ3v) is 2.61. The van der Waals surface area contributed by atoms with E-state index in [1.807, 2.05) is 0 Å². The number of nitrogens with one attached hydrogen (secondary N) is 1. The highest BCUT2D eigenvalue weighted by Gasteiger charge is 2.26. The van der Waals surface area contributed by atoms with Gasteiger partial charge in [-0.05, 0) is 12.1 Å². The van der Waals surface area contributed by atoms with Crippen LogP contribution in [-0.2, 0) is 9.59 Å². The molecule has 0 radical (unpaired) electrons. The van der Waals surface area contributed by atoms with Gasteiger partial charge in [-0.3, -0.25) is 9.59 Å². The van der Waals surface area contributed by atoms with Crippen LogP contribution >= 0.6 is 0 Å². The Kier molecular flexibility index (Phi) is 3.22. The summed E-state index contributed by atoms with van der Waals surface area (Å²) < 4.78 is 39.4. The van der Waals surface area contributed by atoms with Gasteiger partial charge in [0.1, 0.15) is 0 Å². The van der Waals surface area contributed by atoms with Gasteiger partial charge in [-0.1, -0.05) is 0 Å². The van der Waals surface area contributed by atoms with Crippen LogP contribution in [0.3, 0.4) is 0 Å². The third kappa shape index (κ3) is 2.15. The summed E-state index contributed by atoms with van der Waals surface area (Å²) in [7, 11) is 0. The highest BCUT2D eigenvalue weighted by molar-refractivity contribution is 5.98. The van der Waals surface area contributed by atoms with Crippen LogP contribution in [0.15, 0.2) is 12.1 Å². The molecule has 1 heterocycles. The molecule has 0 aromatic heterocycles. The van der Waals surface area contributed by atoms with E-state index >= 15 is 0 Å². The number of amides is 2. The number of hydrogen-bond donors (Lipinski definition) is 1. The van der Waals surface area contributed by atoms with Crippen LogP contribution in [0.4, 0.5) is 18.9 Å². The Labute approximate surface area is 100 Å². The van der Waals surface area contributed by atoms with Crippen molar-refractivity contribution in [3.05, 3.63) is 29.6 Å². The maximum atomic E-state index is 13.5. The van der Waals surface area contributed by atoms with Crippen molar-refractivity contribution < 1.29 is 22.8 Å². The largest absolute Gasteiger partial charge is 0.347 e.